The van der Waals surface area contributed by atoms with Gasteiger partial charge in [-0.1, -0.05) is 0 Å². The third-order valence-electron chi connectivity index (χ3n) is 4.27. The van der Waals surface area contributed by atoms with Crippen molar-refractivity contribution in [1.82, 2.24) is 20.1 Å². The number of amides is 3. The highest BCUT2D eigenvalue weighted by atomic mass is 32.1. The fraction of sp³-hybridized carbons (Fsp3) is 0.688. The number of nitrogens with zero attached hydrogens (tertiary/aromatic N) is 3. The minimum atomic E-state index is -0.0809. The monoisotopic (exact) mass is 338 g/mol. The molecule has 7 heteroatoms. The van der Waals surface area contributed by atoms with Crippen LogP contribution in [0.2, 0.25) is 0 Å². The van der Waals surface area contributed by atoms with Gasteiger partial charge in [0, 0.05) is 56.4 Å². The second kappa shape index (κ2) is 7.77. The van der Waals surface area contributed by atoms with E-state index in [-0.39, 0.29) is 23.9 Å². The zero-order valence-electron chi connectivity index (χ0n) is 14.3. The van der Waals surface area contributed by atoms with Crippen molar-refractivity contribution in [2.24, 2.45) is 5.92 Å². The van der Waals surface area contributed by atoms with Crippen molar-refractivity contribution in [3.8, 4) is 0 Å². The first-order chi connectivity index (χ1) is 10.9. The maximum atomic E-state index is 12.1. The Hall–Kier alpha value is -1.63. The summed E-state index contributed by atoms with van der Waals surface area (Å²) in [5.74, 6) is 0.402. The smallest absolute Gasteiger partial charge is 0.317 e. The van der Waals surface area contributed by atoms with Crippen LogP contribution >= 0.6 is 11.3 Å². The Kier molecular flexibility index (Phi) is 5.98. The molecule has 1 atom stereocenters. The molecule has 0 aliphatic carbocycles. The highest BCUT2D eigenvalue weighted by Crippen LogP contribution is 2.19. The van der Waals surface area contributed by atoms with Crippen LogP contribution in [0.3, 0.4) is 0 Å². The molecule has 1 aromatic rings. The molecule has 0 bridgehead atoms. The standard InChI is InChI=1S/C16H26N4O2S/c1-11(2)20-9-13(7-15(20)21)8-17-16(22)19(4)6-5-14-12(3)18-10-23-14/h10-11,13H,5-9H2,1-4H3,(H,17,22). The molecule has 0 aromatic carbocycles. The molecule has 3 amide bonds. The molecule has 1 N–H and O–H groups in total. The summed E-state index contributed by atoms with van der Waals surface area (Å²) in [5.41, 5.74) is 2.88. The SMILES string of the molecule is Cc1ncsc1CCN(C)C(=O)NCC1CC(=O)N(C(C)C)C1. The molecule has 0 saturated carbocycles. The summed E-state index contributed by atoms with van der Waals surface area (Å²) in [7, 11) is 1.80. The summed E-state index contributed by atoms with van der Waals surface area (Å²) in [6, 6.07) is 0.149. The van der Waals surface area contributed by atoms with Gasteiger partial charge < -0.3 is 15.1 Å². The minimum absolute atomic E-state index is 0.0809. The molecule has 2 rings (SSSR count). The number of aromatic nitrogens is 1. The van der Waals surface area contributed by atoms with Crippen LogP contribution in [0.25, 0.3) is 0 Å². The van der Waals surface area contributed by atoms with Crippen molar-refractivity contribution in [3.63, 3.8) is 0 Å². The molecule has 1 aliphatic rings. The maximum absolute atomic E-state index is 12.1. The number of carbonyl (C=O) groups excluding carboxylic acids is 2. The number of rotatable bonds is 6. The molecule has 1 fully saturated rings. The molecular formula is C16H26N4O2S. The van der Waals surface area contributed by atoms with E-state index in [1.54, 1.807) is 23.3 Å². The van der Waals surface area contributed by atoms with Gasteiger partial charge in [-0.25, -0.2) is 9.78 Å². The quantitative estimate of drug-likeness (QED) is 0.861. The highest BCUT2D eigenvalue weighted by Gasteiger charge is 2.31. The molecule has 128 valence electrons. The molecular weight excluding hydrogens is 312 g/mol. The summed E-state index contributed by atoms with van der Waals surface area (Å²) in [5, 5.41) is 2.94. The van der Waals surface area contributed by atoms with Crippen molar-refractivity contribution in [3.05, 3.63) is 16.1 Å². The lowest BCUT2D eigenvalue weighted by Gasteiger charge is -2.22. The topological polar surface area (TPSA) is 65.5 Å². The number of urea groups is 1. The molecule has 2 heterocycles. The molecule has 1 saturated heterocycles. The van der Waals surface area contributed by atoms with Gasteiger partial charge in [0.25, 0.3) is 0 Å². The van der Waals surface area contributed by atoms with Gasteiger partial charge >= 0.3 is 6.03 Å². The number of likely N-dealkylation sites (N-methyl/N-ethyl adjacent to an activating group) is 1. The zero-order chi connectivity index (χ0) is 17.0. The largest absolute Gasteiger partial charge is 0.340 e. The lowest BCUT2D eigenvalue weighted by atomic mass is 10.1. The number of hydrogen-bond acceptors (Lipinski definition) is 4. The number of nitrogens with one attached hydrogen (secondary N) is 1. The molecule has 1 aromatic heterocycles. The van der Waals surface area contributed by atoms with Crippen LogP contribution in [-0.2, 0) is 11.2 Å². The van der Waals surface area contributed by atoms with Crippen LogP contribution in [-0.4, -0.2) is 59.4 Å². The predicted molar refractivity (Wildman–Crippen MR) is 91.5 cm³/mol. The first-order valence-electron chi connectivity index (χ1n) is 8.06. The predicted octanol–water partition coefficient (Wildman–Crippen LogP) is 1.89. The highest BCUT2D eigenvalue weighted by molar-refractivity contribution is 7.09. The summed E-state index contributed by atoms with van der Waals surface area (Å²) >= 11 is 1.63. The number of hydrogen-bond donors (Lipinski definition) is 1. The average molecular weight is 338 g/mol. The Morgan fingerprint density at radius 3 is 2.87 bits per heavy atom. The van der Waals surface area contributed by atoms with Gasteiger partial charge in [0.1, 0.15) is 0 Å². The second-order valence-corrected chi connectivity index (χ2v) is 7.37. The van der Waals surface area contributed by atoms with Crippen molar-refractivity contribution < 1.29 is 9.59 Å². The summed E-state index contributed by atoms with van der Waals surface area (Å²) < 4.78 is 0. The van der Waals surface area contributed by atoms with Crippen molar-refractivity contribution in [1.29, 1.82) is 0 Å². The Labute approximate surface area is 141 Å². The van der Waals surface area contributed by atoms with E-state index in [0.717, 1.165) is 18.7 Å². The van der Waals surface area contributed by atoms with Gasteiger partial charge in [0.05, 0.1) is 11.2 Å². The lowest BCUT2D eigenvalue weighted by molar-refractivity contribution is -0.129. The Morgan fingerprint density at radius 1 is 1.57 bits per heavy atom. The van der Waals surface area contributed by atoms with E-state index in [4.69, 9.17) is 0 Å². The first-order valence-corrected chi connectivity index (χ1v) is 8.93. The Bertz CT molecular complexity index is 558. The number of aryl methyl sites for hydroxylation is 1. The average Bonchev–Trinajstić information content (AvgIpc) is 3.08. The zero-order valence-corrected chi connectivity index (χ0v) is 15.2. The fourth-order valence-corrected chi connectivity index (χ4v) is 3.52. The van der Waals surface area contributed by atoms with Gasteiger partial charge in [0.2, 0.25) is 5.91 Å². The molecule has 23 heavy (non-hydrogen) atoms. The lowest BCUT2D eigenvalue weighted by Crippen LogP contribution is -2.41. The number of carbonyl (C=O) groups is 2. The van der Waals surface area contributed by atoms with Gasteiger partial charge in [-0.15, -0.1) is 11.3 Å². The van der Waals surface area contributed by atoms with Crippen LogP contribution in [0.5, 0.6) is 0 Å². The van der Waals surface area contributed by atoms with Crippen molar-refractivity contribution in [2.45, 2.75) is 39.7 Å². The third kappa shape index (κ3) is 4.67. The molecule has 0 radical (unpaired) electrons. The summed E-state index contributed by atoms with van der Waals surface area (Å²) in [4.78, 5) is 33.0. The van der Waals surface area contributed by atoms with E-state index in [9.17, 15) is 9.59 Å². The Balaban J connectivity index is 1.72. The molecule has 0 spiro atoms. The normalized spacial score (nSPS) is 17.9. The van der Waals surface area contributed by atoms with Crippen LogP contribution in [0, 0.1) is 12.8 Å². The molecule has 1 unspecified atom stereocenters. The minimum Gasteiger partial charge on any atom is -0.340 e. The van der Waals surface area contributed by atoms with Crippen LogP contribution in [0.4, 0.5) is 4.79 Å². The molecule has 1 aliphatic heterocycles. The van der Waals surface area contributed by atoms with Gasteiger partial charge in [-0.3, -0.25) is 4.79 Å². The summed E-state index contributed by atoms with van der Waals surface area (Å²) in [6.07, 6.45) is 1.35. The van der Waals surface area contributed by atoms with Crippen LogP contribution in [0.1, 0.15) is 30.8 Å². The fourth-order valence-electron chi connectivity index (χ4n) is 2.75. The van der Waals surface area contributed by atoms with E-state index in [2.05, 4.69) is 10.3 Å². The Morgan fingerprint density at radius 2 is 2.30 bits per heavy atom. The van der Waals surface area contributed by atoms with E-state index in [1.807, 2.05) is 31.2 Å². The maximum Gasteiger partial charge on any atom is 0.317 e. The van der Waals surface area contributed by atoms with Crippen molar-refractivity contribution >= 4 is 23.3 Å². The van der Waals surface area contributed by atoms with E-state index < -0.39 is 0 Å². The van der Waals surface area contributed by atoms with E-state index in [1.165, 1.54) is 4.88 Å². The molecule has 6 nitrogen and oxygen atoms in total. The number of likely N-dealkylation sites (tertiary alicyclic amines) is 1. The van der Waals surface area contributed by atoms with Gasteiger partial charge in [-0.05, 0) is 20.8 Å². The van der Waals surface area contributed by atoms with Crippen LogP contribution in [0.15, 0.2) is 5.51 Å². The third-order valence-corrected chi connectivity index (χ3v) is 5.26. The number of thiazole rings is 1. The van der Waals surface area contributed by atoms with E-state index in [0.29, 0.717) is 19.5 Å². The van der Waals surface area contributed by atoms with Gasteiger partial charge in [0.15, 0.2) is 0 Å². The second-order valence-electron chi connectivity index (χ2n) is 6.43. The van der Waals surface area contributed by atoms with Crippen LogP contribution < -0.4 is 5.32 Å². The summed E-state index contributed by atoms with van der Waals surface area (Å²) in [6.45, 7) is 7.99. The first kappa shape index (κ1) is 17.7. The van der Waals surface area contributed by atoms with Crippen molar-refractivity contribution in [2.75, 3.05) is 26.7 Å². The van der Waals surface area contributed by atoms with Gasteiger partial charge in [-0.2, -0.15) is 0 Å². The van der Waals surface area contributed by atoms with E-state index >= 15 is 0 Å².